The number of fused-ring (bicyclic) bond motifs is 1. The molecule has 1 heterocycles. The minimum absolute atomic E-state index is 0.0532. The molecule has 3 aromatic carbocycles. The van der Waals surface area contributed by atoms with Crippen molar-refractivity contribution < 1.29 is 14.3 Å². The summed E-state index contributed by atoms with van der Waals surface area (Å²) in [7, 11) is 0. The normalized spacial score (nSPS) is 17.3. The standard InChI is InChI=1S/C29H32N2O3/c1-5-28(32)31(23-11-7-6-8-12-23)27-19-21(4)30(26-14-10-9-13-25(26)27)29(33)22-15-17-24(18-16-22)34-20(2)3/h6-18,20-21,27H,5,19H2,1-4H3/t21-,27+/m1/s1. The molecule has 0 unspecified atom stereocenters. The molecule has 34 heavy (non-hydrogen) atoms. The minimum Gasteiger partial charge on any atom is -0.491 e. The molecule has 0 spiro atoms. The Bertz CT molecular complexity index is 1140. The van der Waals surface area contributed by atoms with E-state index < -0.39 is 0 Å². The van der Waals surface area contributed by atoms with E-state index in [1.54, 1.807) is 0 Å². The van der Waals surface area contributed by atoms with Gasteiger partial charge in [0.15, 0.2) is 0 Å². The number of hydrogen-bond donors (Lipinski definition) is 0. The summed E-state index contributed by atoms with van der Waals surface area (Å²) in [5.41, 5.74) is 3.32. The van der Waals surface area contributed by atoms with Gasteiger partial charge in [0.05, 0.1) is 12.1 Å². The lowest BCUT2D eigenvalue weighted by atomic mass is 9.89. The van der Waals surface area contributed by atoms with Crippen molar-refractivity contribution in [3.05, 3.63) is 90.0 Å². The third-order valence-corrected chi connectivity index (χ3v) is 6.17. The molecule has 5 heteroatoms. The van der Waals surface area contributed by atoms with Crippen LogP contribution < -0.4 is 14.5 Å². The lowest BCUT2D eigenvalue weighted by Gasteiger charge is -2.43. The zero-order valence-electron chi connectivity index (χ0n) is 20.3. The molecule has 1 aliphatic rings. The molecule has 0 bridgehead atoms. The van der Waals surface area contributed by atoms with Crippen molar-refractivity contribution in [2.45, 2.75) is 58.7 Å². The maximum atomic E-state index is 13.6. The first-order valence-electron chi connectivity index (χ1n) is 12.0. The van der Waals surface area contributed by atoms with Crippen molar-refractivity contribution >= 4 is 23.2 Å². The van der Waals surface area contributed by atoms with Crippen molar-refractivity contribution in [1.29, 1.82) is 0 Å². The first-order chi connectivity index (χ1) is 16.4. The molecule has 2 amide bonds. The number of nitrogens with zero attached hydrogens (tertiary/aromatic N) is 2. The highest BCUT2D eigenvalue weighted by atomic mass is 16.5. The van der Waals surface area contributed by atoms with E-state index in [9.17, 15) is 9.59 Å². The van der Waals surface area contributed by atoms with E-state index in [2.05, 4.69) is 6.92 Å². The summed E-state index contributed by atoms with van der Waals surface area (Å²) in [4.78, 5) is 30.5. The lowest BCUT2D eigenvalue weighted by molar-refractivity contribution is -0.118. The molecule has 0 saturated heterocycles. The molecule has 0 N–H and O–H groups in total. The molecule has 1 aliphatic heterocycles. The Labute approximate surface area is 202 Å². The van der Waals surface area contributed by atoms with Gasteiger partial charge in [-0.3, -0.25) is 9.59 Å². The number of anilines is 2. The van der Waals surface area contributed by atoms with Gasteiger partial charge in [-0.2, -0.15) is 0 Å². The zero-order valence-corrected chi connectivity index (χ0v) is 20.3. The van der Waals surface area contributed by atoms with E-state index in [-0.39, 0.29) is 30.0 Å². The summed E-state index contributed by atoms with van der Waals surface area (Å²) in [6.45, 7) is 7.89. The second-order valence-electron chi connectivity index (χ2n) is 8.98. The molecular weight excluding hydrogens is 424 g/mol. The van der Waals surface area contributed by atoms with Crippen LogP contribution in [0.5, 0.6) is 5.75 Å². The zero-order chi connectivity index (χ0) is 24.2. The van der Waals surface area contributed by atoms with Crippen LogP contribution in [0.4, 0.5) is 11.4 Å². The van der Waals surface area contributed by atoms with E-state index in [1.807, 2.05) is 109 Å². The third-order valence-electron chi connectivity index (χ3n) is 6.17. The molecule has 5 nitrogen and oxygen atoms in total. The molecule has 0 aromatic heterocycles. The fourth-order valence-corrected chi connectivity index (χ4v) is 4.68. The van der Waals surface area contributed by atoms with Crippen LogP contribution in [0.25, 0.3) is 0 Å². The Kier molecular flexibility index (Phi) is 7.01. The van der Waals surface area contributed by atoms with Crippen molar-refractivity contribution in [3.8, 4) is 5.75 Å². The summed E-state index contributed by atoms with van der Waals surface area (Å²) in [6.07, 6.45) is 1.14. The fourth-order valence-electron chi connectivity index (χ4n) is 4.68. The predicted molar refractivity (Wildman–Crippen MR) is 136 cm³/mol. The maximum absolute atomic E-state index is 13.6. The number of amides is 2. The summed E-state index contributed by atoms with van der Waals surface area (Å²) in [5.74, 6) is 0.761. The second-order valence-corrected chi connectivity index (χ2v) is 8.98. The average Bonchev–Trinajstić information content (AvgIpc) is 2.84. The Morgan fingerprint density at radius 2 is 1.62 bits per heavy atom. The number of carbonyl (C=O) groups is 2. The van der Waals surface area contributed by atoms with Crippen molar-refractivity contribution in [1.82, 2.24) is 0 Å². The van der Waals surface area contributed by atoms with Gasteiger partial charge < -0.3 is 14.5 Å². The van der Waals surface area contributed by atoms with E-state index in [0.717, 1.165) is 22.7 Å². The molecule has 0 aliphatic carbocycles. The number of hydrogen-bond acceptors (Lipinski definition) is 3. The topological polar surface area (TPSA) is 49.9 Å². The highest BCUT2D eigenvalue weighted by molar-refractivity contribution is 6.07. The van der Waals surface area contributed by atoms with Crippen LogP contribution in [0.1, 0.15) is 62.5 Å². The highest BCUT2D eigenvalue weighted by Gasteiger charge is 2.38. The van der Waals surface area contributed by atoms with Crippen LogP contribution in [0.2, 0.25) is 0 Å². The summed E-state index contributed by atoms with van der Waals surface area (Å²) >= 11 is 0. The predicted octanol–water partition coefficient (Wildman–Crippen LogP) is 6.40. The van der Waals surface area contributed by atoms with Gasteiger partial charge in [-0.15, -0.1) is 0 Å². The molecular formula is C29H32N2O3. The first kappa shape index (κ1) is 23.6. The average molecular weight is 457 g/mol. The molecule has 3 aromatic rings. The van der Waals surface area contributed by atoms with Gasteiger partial charge >= 0.3 is 0 Å². The molecule has 0 fully saturated rings. The highest BCUT2D eigenvalue weighted by Crippen LogP contribution is 2.43. The Morgan fingerprint density at radius 3 is 2.26 bits per heavy atom. The first-order valence-corrected chi connectivity index (χ1v) is 12.0. The summed E-state index contributed by atoms with van der Waals surface area (Å²) < 4.78 is 5.72. The second kappa shape index (κ2) is 10.1. The van der Waals surface area contributed by atoms with Gasteiger partial charge in [-0.1, -0.05) is 43.3 Å². The van der Waals surface area contributed by atoms with Crippen LogP contribution in [0.3, 0.4) is 0 Å². The number of ether oxygens (including phenoxy) is 1. The van der Waals surface area contributed by atoms with Crippen molar-refractivity contribution in [3.63, 3.8) is 0 Å². The summed E-state index contributed by atoms with van der Waals surface area (Å²) in [6, 6.07) is 24.8. The maximum Gasteiger partial charge on any atom is 0.258 e. The molecule has 0 radical (unpaired) electrons. The smallest absolute Gasteiger partial charge is 0.258 e. The number of para-hydroxylation sites is 2. The van der Waals surface area contributed by atoms with Crippen LogP contribution >= 0.6 is 0 Å². The molecule has 4 rings (SSSR count). The largest absolute Gasteiger partial charge is 0.491 e. The Morgan fingerprint density at radius 1 is 0.971 bits per heavy atom. The fraction of sp³-hybridized carbons (Fsp3) is 0.310. The Hall–Kier alpha value is -3.60. The van der Waals surface area contributed by atoms with Gasteiger partial charge in [0.2, 0.25) is 5.91 Å². The molecule has 176 valence electrons. The van der Waals surface area contributed by atoms with Crippen LogP contribution in [-0.4, -0.2) is 24.0 Å². The van der Waals surface area contributed by atoms with Gasteiger partial charge in [0.25, 0.3) is 5.91 Å². The summed E-state index contributed by atoms with van der Waals surface area (Å²) in [5, 5.41) is 0. The van der Waals surface area contributed by atoms with Gasteiger partial charge in [-0.25, -0.2) is 0 Å². The van der Waals surface area contributed by atoms with Crippen molar-refractivity contribution in [2.24, 2.45) is 0 Å². The van der Waals surface area contributed by atoms with Crippen LogP contribution in [-0.2, 0) is 4.79 Å². The minimum atomic E-state index is -0.146. The number of benzene rings is 3. The monoisotopic (exact) mass is 456 g/mol. The van der Waals surface area contributed by atoms with Gasteiger partial charge in [-0.05, 0) is 75.2 Å². The Balaban J connectivity index is 1.71. The molecule has 2 atom stereocenters. The SMILES string of the molecule is CCC(=O)N(c1ccccc1)[C@H]1C[C@@H](C)N(C(=O)c2ccc(OC(C)C)cc2)c2ccccc21. The van der Waals surface area contributed by atoms with E-state index in [4.69, 9.17) is 4.74 Å². The van der Waals surface area contributed by atoms with Crippen LogP contribution in [0.15, 0.2) is 78.9 Å². The van der Waals surface area contributed by atoms with Crippen LogP contribution in [0, 0.1) is 0 Å². The molecule has 0 saturated carbocycles. The third kappa shape index (κ3) is 4.69. The van der Waals surface area contributed by atoms with Crippen molar-refractivity contribution in [2.75, 3.05) is 9.80 Å². The van der Waals surface area contributed by atoms with Gasteiger partial charge in [0.1, 0.15) is 5.75 Å². The van der Waals surface area contributed by atoms with E-state index in [1.165, 1.54) is 0 Å². The number of carbonyl (C=O) groups excluding carboxylic acids is 2. The quantitative estimate of drug-likeness (QED) is 0.431. The number of rotatable bonds is 6. The van der Waals surface area contributed by atoms with Gasteiger partial charge in [0, 0.05) is 29.4 Å². The van der Waals surface area contributed by atoms with E-state index in [0.29, 0.717) is 18.4 Å². The lowest BCUT2D eigenvalue weighted by Crippen LogP contribution is -2.47. The van der Waals surface area contributed by atoms with E-state index >= 15 is 0 Å².